The topological polar surface area (TPSA) is 116 Å². The average molecular weight is 602 g/mol. The molecule has 1 aromatic carbocycles. The number of carbonyl (C=O) groups excluding carboxylic acids is 1. The summed E-state index contributed by atoms with van der Waals surface area (Å²) in [5.74, 6) is 1.70. The second-order valence-electron chi connectivity index (χ2n) is 11.8. The highest BCUT2D eigenvalue weighted by molar-refractivity contribution is 5.85. The van der Waals surface area contributed by atoms with Gasteiger partial charge in [-0.2, -0.15) is 0 Å². The first kappa shape index (κ1) is 37.4. The largest absolute Gasteiger partial charge is 0.493 e. The molecule has 0 bridgehead atoms. The Morgan fingerprint density at radius 2 is 1.80 bits per heavy atom. The van der Waals surface area contributed by atoms with E-state index in [0.29, 0.717) is 44.3 Å². The number of methoxy groups -OCH3 is 2. The van der Waals surface area contributed by atoms with E-state index in [1.807, 2.05) is 19.1 Å². The molecule has 41 heavy (non-hydrogen) atoms. The minimum atomic E-state index is -0.751. The Balaban J connectivity index is 0.00000840. The number of aliphatic hydroxyl groups is 1. The van der Waals surface area contributed by atoms with Crippen molar-refractivity contribution in [2.45, 2.75) is 84.7 Å². The number of morpholine rings is 1. The zero-order valence-electron chi connectivity index (χ0n) is 26.3. The highest BCUT2D eigenvalue weighted by atomic mass is 35.5. The van der Waals surface area contributed by atoms with Crippen LogP contribution in [0.25, 0.3) is 0 Å². The predicted molar refractivity (Wildman–Crippen MR) is 166 cm³/mol. The molecule has 9 nitrogen and oxygen atoms in total. The molecule has 0 radical (unpaired) electrons. The first-order chi connectivity index (χ1) is 19.0. The highest BCUT2D eigenvalue weighted by Crippen LogP contribution is 2.31. The molecule has 1 aromatic rings. The van der Waals surface area contributed by atoms with Gasteiger partial charge in [-0.3, -0.25) is 9.69 Å². The zero-order chi connectivity index (χ0) is 29.7. The monoisotopic (exact) mass is 601 g/mol. The lowest BCUT2D eigenvalue weighted by atomic mass is 9.82. The molecule has 6 atom stereocenters. The van der Waals surface area contributed by atoms with Crippen LogP contribution in [0.15, 0.2) is 18.2 Å². The Hall–Kier alpha value is -1.62. The summed E-state index contributed by atoms with van der Waals surface area (Å²) in [6.45, 7) is 14.7. The van der Waals surface area contributed by atoms with Crippen molar-refractivity contribution in [3.8, 4) is 11.5 Å². The SMILES string of the molecule is COCCCOc1cc(C[C@@H](C[C@H](N)[C@@H](O)C[C@@H](C)C(=O)NCCN2C[C@@H](C)O[C@@H](C)C2)C(C)C)ccc1OC.Cl. The van der Waals surface area contributed by atoms with Gasteiger partial charge < -0.3 is 35.1 Å². The van der Waals surface area contributed by atoms with Gasteiger partial charge in [0.15, 0.2) is 11.5 Å². The van der Waals surface area contributed by atoms with Crippen LogP contribution in [-0.4, -0.2) is 93.9 Å². The van der Waals surface area contributed by atoms with Crippen molar-refractivity contribution in [3.63, 3.8) is 0 Å². The van der Waals surface area contributed by atoms with Crippen LogP contribution >= 0.6 is 12.4 Å². The summed E-state index contributed by atoms with van der Waals surface area (Å²) in [6.07, 6.45) is 2.27. The fraction of sp³-hybridized carbons (Fsp3) is 0.774. The number of nitrogens with one attached hydrogen (secondary N) is 1. The number of aliphatic hydroxyl groups excluding tert-OH is 1. The molecule has 0 saturated carbocycles. The molecule has 0 unspecified atom stereocenters. The fourth-order valence-electron chi connectivity index (χ4n) is 5.37. The van der Waals surface area contributed by atoms with Crippen LogP contribution in [0.3, 0.4) is 0 Å². The van der Waals surface area contributed by atoms with Crippen LogP contribution in [0, 0.1) is 17.8 Å². The molecule has 1 amide bonds. The summed E-state index contributed by atoms with van der Waals surface area (Å²) in [7, 11) is 3.32. The average Bonchev–Trinajstić information content (AvgIpc) is 2.90. The number of hydrogen-bond donors (Lipinski definition) is 3. The van der Waals surface area contributed by atoms with Crippen molar-refractivity contribution in [3.05, 3.63) is 23.8 Å². The number of halogens is 1. The number of hydrogen-bond acceptors (Lipinski definition) is 8. The van der Waals surface area contributed by atoms with Gasteiger partial charge in [0.05, 0.1) is 32.0 Å². The highest BCUT2D eigenvalue weighted by Gasteiger charge is 2.27. The lowest BCUT2D eigenvalue weighted by Crippen LogP contribution is -2.48. The molecule has 1 saturated heterocycles. The predicted octanol–water partition coefficient (Wildman–Crippen LogP) is 3.68. The molecule has 1 heterocycles. The zero-order valence-corrected chi connectivity index (χ0v) is 27.1. The van der Waals surface area contributed by atoms with E-state index in [4.69, 9.17) is 24.7 Å². The van der Waals surface area contributed by atoms with Crippen molar-refractivity contribution in [1.29, 1.82) is 0 Å². The summed E-state index contributed by atoms with van der Waals surface area (Å²) < 4.78 is 22.3. The van der Waals surface area contributed by atoms with Crippen LogP contribution in [-0.2, 0) is 20.7 Å². The number of benzene rings is 1. The molecule has 4 N–H and O–H groups in total. The summed E-state index contributed by atoms with van der Waals surface area (Å²) in [4.78, 5) is 15.0. The standard InChI is InChI=1S/C31H55N3O6.ClH/c1-21(2)26(16-25-9-10-29(38-7)30(17-25)39-14-8-13-37-6)18-27(32)28(35)15-22(3)31(36)33-11-12-34-19-23(4)40-24(5)20-34;/h9-10,17,21-24,26-28,35H,8,11-16,18-20,32H2,1-7H3,(H,33,36);1H/t22-,23-,24+,26+,27+,28+;/m1./s1. The van der Waals surface area contributed by atoms with Crippen LogP contribution in [0.5, 0.6) is 11.5 Å². The number of carbonyl (C=O) groups is 1. The minimum Gasteiger partial charge on any atom is -0.493 e. The normalized spacial score (nSPS) is 20.5. The van der Waals surface area contributed by atoms with E-state index in [-0.39, 0.29) is 42.4 Å². The summed E-state index contributed by atoms with van der Waals surface area (Å²) in [6, 6.07) is 5.62. The lowest BCUT2D eigenvalue weighted by Gasteiger charge is -2.35. The molecule has 2 rings (SSSR count). The molecule has 0 spiro atoms. The first-order valence-electron chi connectivity index (χ1n) is 14.9. The van der Waals surface area contributed by atoms with E-state index in [9.17, 15) is 9.90 Å². The van der Waals surface area contributed by atoms with E-state index in [1.54, 1.807) is 14.2 Å². The molecule has 10 heteroatoms. The number of amides is 1. The third kappa shape index (κ3) is 13.5. The maximum Gasteiger partial charge on any atom is 0.222 e. The Labute approximate surface area is 254 Å². The lowest BCUT2D eigenvalue weighted by molar-refractivity contribution is -0.125. The molecule has 1 aliphatic heterocycles. The number of nitrogens with two attached hydrogens (primary N) is 1. The summed E-state index contributed by atoms with van der Waals surface area (Å²) in [5, 5.41) is 13.9. The third-order valence-electron chi connectivity index (χ3n) is 7.75. The minimum absolute atomic E-state index is 0. The van der Waals surface area contributed by atoms with Gasteiger partial charge in [0.25, 0.3) is 0 Å². The molecule has 1 fully saturated rings. The molecule has 1 aliphatic rings. The van der Waals surface area contributed by atoms with Gasteiger partial charge in [0.2, 0.25) is 5.91 Å². The quantitative estimate of drug-likeness (QED) is 0.218. The van der Waals surface area contributed by atoms with Crippen molar-refractivity contribution in [1.82, 2.24) is 10.2 Å². The van der Waals surface area contributed by atoms with E-state index in [0.717, 1.165) is 43.8 Å². The second kappa shape index (κ2) is 19.5. The second-order valence-corrected chi connectivity index (χ2v) is 11.8. The number of nitrogens with zero attached hydrogens (tertiary/aromatic N) is 1. The van der Waals surface area contributed by atoms with E-state index < -0.39 is 12.1 Å². The maximum absolute atomic E-state index is 12.7. The van der Waals surface area contributed by atoms with Crippen LogP contribution in [0.1, 0.15) is 59.4 Å². The Morgan fingerprint density at radius 3 is 2.41 bits per heavy atom. The summed E-state index contributed by atoms with van der Waals surface area (Å²) in [5.41, 5.74) is 7.63. The number of ether oxygens (including phenoxy) is 4. The molecular formula is C31H56ClN3O6. The van der Waals surface area contributed by atoms with E-state index >= 15 is 0 Å². The van der Waals surface area contributed by atoms with E-state index in [2.05, 4.69) is 44.0 Å². The summed E-state index contributed by atoms with van der Waals surface area (Å²) >= 11 is 0. The Kier molecular flexibility index (Phi) is 17.8. The molecular weight excluding hydrogens is 546 g/mol. The first-order valence-corrected chi connectivity index (χ1v) is 14.9. The third-order valence-corrected chi connectivity index (χ3v) is 7.75. The molecule has 0 aliphatic carbocycles. The Morgan fingerprint density at radius 1 is 1.12 bits per heavy atom. The van der Waals surface area contributed by atoms with Gasteiger partial charge in [-0.05, 0) is 62.6 Å². The molecule has 238 valence electrons. The van der Waals surface area contributed by atoms with Gasteiger partial charge in [-0.1, -0.05) is 26.8 Å². The fourth-order valence-corrected chi connectivity index (χ4v) is 5.37. The smallest absolute Gasteiger partial charge is 0.222 e. The van der Waals surface area contributed by atoms with Gasteiger partial charge in [-0.25, -0.2) is 0 Å². The van der Waals surface area contributed by atoms with Crippen molar-refractivity contribution in [2.24, 2.45) is 23.5 Å². The van der Waals surface area contributed by atoms with Crippen LogP contribution in [0.2, 0.25) is 0 Å². The van der Waals surface area contributed by atoms with Crippen molar-refractivity contribution >= 4 is 18.3 Å². The maximum atomic E-state index is 12.7. The number of rotatable bonds is 18. The van der Waals surface area contributed by atoms with Crippen LogP contribution < -0.4 is 20.5 Å². The van der Waals surface area contributed by atoms with Gasteiger partial charge in [-0.15, -0.1) is 12.4 Å². The Bertz CT molecular complexity index is 866. The van der Waals surface area contributed by atoms with Gasteiger partial charge in [0.1, 0.15) is 0 Å². The van der Waals surface area contributed by atoms with Crippen LogP contribution in [0.4, 0.5) is 0 Å². The van der Waals surface area contributed by atoms with Crippen molar-refractivity contribution < 1.29 is 28.8 Å². The van der Waals surface area contributed by atoms with E-state index in [1.165, 1.54) is 0 Å². The van der Waals surface area contributed by atoms with Gasteiger partial charge in [0, 0.05) is 58.3 Å². The van der Waals surface area contributed by atoms with Crippen molar-refractivity contribution in [2.75, 3.05) is 53.6 Å². The van der Waals surface area contributed by atoms with Gasteiger partial charge >= 0.3 is 0 Å². The molecule has 0 aromatic heterocycles.